The van der Waals surface area contributed by atoms with Crippen molar-refractivity contribution in [3.63, 3.8) is 0 Å². The van der Waals surface area contributed by atoms with Crippen LogP contribution < -0.4 is 29.1 Å². The lowest BCUT2D eigenvalue weighted by Gasteiger charge is -2.23. The third-order valence-electron chi connectivity index (χ3n) is 5.51. The van der Waals surface area contributed by atoms with Gasteiger partial charge < -0.3 is 24.1 Å². The molecule has 1 aliphatic heterocycles. The number of phenols is 1. The number of hydrogen-bond donors (Lipinski definition) is 1. The number of fused-ring (bicyclic) bond motifs is 1. The maximum absolute atomic E-state index is 13.6. The van der Waals surface area contributed by atoms with E-state index in [2.05, 4.69) is 4.99 Å². The van der Waals surface area contributed by atoms with Gasteiger partial charge in [-0.25, -0.2) is 9.79 Å². The average Bonchev–Trinajstić information content (AvgIpc) is 3.19. The van der Waals surface area contributed by atoms with Gasteiger partial charge in [-0.2, -0.15) is 0 Å². The van der Waals surface area contributed by atoms with Crippen LogP contribution in [0.15, 0.2) is 58.0 Å². The summed E-state index contributed by atoms with van der Waals surface area (Å²) in [5, 5.41) is 10.1. The van der Waals surface area contributed by atoms with Gasteiger partial charge in [-0.3, -0.25) is 9.36 Å². The number of rotatable bonds is 8. The second-order valence-electron chi connectivity index (χ2n) is 7.68. The molecule has 3 aromatic rings. The number of ether oxygens (including phenoxy) is 4. The molecule has 0 saturated carbocycles. The van der Waals surface area contributed by atoms with Gasteiger partial charge >= 0.3 is 5.97 Å². The van der Waals surface area contributed by atoms with Gasteiger partial charge in [-0.15, -0.1) is 0 Å². The van der Waals surface area contributed by atoms with Crippen molar-refractivity contribution in [3.8, 4) is 23.0 Å². The second kappa shape index (κ2) is 10.7. The van der Waals surface area contributed by atoms with Crippen LogP contribution in [0, 0.1) is 0 Å². The summed E-state index contributed by atoms with van der Waals surface area (Å²) in [5.74, 6) is 0.775. The summed E-state index contributed by atoms with van der Waals surface area (Å²) in [4.78, 5) is 31.1. The molecule has 1 atom stereocenters. The quantitative estimate of drug-likeness (QED) is 0.464. The first-order valence-electron chi connectivity index (χ1n) is 11.3. The lowest BCUT2D eigenvalue weighted by molar-refractivity contribution is -0.136. The van der Waals surface area contributed by atoms with Gasteiger partial charge in [0.1, 0.15) is 0 Å². The van der Waals surface area contributed by atoms with E-state index >= 15 is 0 Å². The summed E-state index contributed by atoms with van der Waals surface area (Å²) in [6.07, 6.45) is 3.09. The Balaban J connectivity index is 1.89. The Labute approximate surface area is 211 Å². The Morgan fingerprint density at radius 1 is 1.08 bits per heavy atom. The molecule has 0 amide bonds. The highest BCUT2D eigenvalue weighted by Crippen LogP contribution is 2.35. The molecule has 0 saturated heterocycles. The molecule has 0 aliphatic carbocycles. The van der Waals surface area contributed by atoms with Crippen LogP contribution in [-0.4, -0.2) is 43.1 Å². The largest absolute Gasteiger partial charge is 0.504 e. The molecular formula is C26H26N2O7S. The Kier molecular flexibility index (Phi) is 7.44. The highest BCUT2D eigenvalue weighted by atomic mass is 32.1. The fourth-order valence-electron chi connectivity index (χ4n) is 3.94. The molecule has 1 aromatic heterocycles. The molecule has 188 valence electrons. The first-order valence-corrected chi connectivity index (χ1v) is 12.1. The Morgan fingerprint density at radius 3 is 2.47 bits per heavy atom. The topological polar surface area (TPSA) is 109 Å². The summed E-state index contributed by atoms with van der Waals surface area (Å²) in [5.41, 5.74) is 1.13. The van der Waals surface area contributed by atoms with E-state index in [9.17, 15) is 14.7 Å². The molecule has 1 aliphatic rings. The molecule has 10 heteroatoms. The predicted octanol–water partition coefficient (Wildman–Crippen LogP) is 2.53. The van der Waals surface area contributed by atoms with Gasteiger partial charge in [0.2, 0.25) is 0 Å². The Bertz CT molecular complexity index is 1500. The van der Waals surface area contributed by atoms with Crippen LogP contribution in [0.25, 0.3) is 6.08 Å². The van der Waals surface area contributed by atoms with Crippen molar-refractivity contribution in [1.82, 2.24) is 4.57 Å². The highest BCUT2D eigenvalue weighted by molar-refractivity contribution is 7.07. The van der Waals surface area contributed by atoms with E-state index in [1.54, 1.807) is 36.4 Å². The fourth-order valence-corrected chi connectivity index (χ4v) is 4.90. The third-order valence-corrected chi connectivity index (χ3v) is 6.51. The molecule has 0 unspecified atom stereocenters. The van der Waals surface area contributed by atoms with E-state index in [1.807, 2.05) is 13.8 Å². The van der Waals surface area contributed by atoms with Crippen LogP contribution in [-0.2, 0) is 9.53 Å². The number of aromatic nitrogens is 1. The lowest BCUT2D eigenvalue weighted by Crippen LogP contribution is -2.39. The van der Waals surface area contributed by atoms with E-state index in [0.717, 1.165) is 0 Å². The van der Waals surface area contributed by atoms with Crippen molar-refractivity contribution in [1.29, 1.82) is 0 Å². The number of aromatic hydroxyl groups is 1. The SMILES string of the molecule is CCOc1ccc([C@H]2C(C(=O)OC)=CN=c3s/c(=C/c4ccc(OC)c(O)c4)c(=O)n32)cc1OCC. The minimum atomic E-state index is -0.782. The number of benzene rings is 2. The van der Waals surface area contributed by atoms with Crippen LogP contribution in [0.2, 0.25) is 0 Å². The van der Waals surface area contributed by atoms with Crippen molar-refractivity contribution in [2.75, 3.05) is 27.4 Å². The molecule has 1 N–H and O–H groups in total. The average molecular weight is 511 g/mol. The number of carbonyl (C=O) groups excluding carboxylic acids is 1. The smallest absolute Gasteiger partial charge is 0.337 e. The summed E-state index contributed by atoms with van der Waals surface area (Å²) in [6.45, 7) is 4.62. The van der Waals surface area contributed by atoms with Gasteiger partial charge in [-0.1, -0.05) is 23.5 Å². The van der Waals surface area contributed by atoms with Crippen LogP contribution in [0.3, 0.4) is 0 Å². The Morgan fingerprint density at radius 2 is 1.81 bits per heavy atom. The number of thiazole rings is 1. The van der Waals surface area contributed by atoms with Crippen molar-refractivity contribution < 1.29 is 28.8 Å². The molecule has 2 heterocycles. The molecule has 36 heavy (non-hydrogen) atoms. The Hall–Kier alpha value is -4.05. The van der Waals surface area contributed by atoms with Crippen LogP contribution in [0.4, 0.5) is 0 Å². The van der Waals surface area contributed by atoms with Crippen molar-refractivity contribution in [2.24, 2.45) is 4.99 Å². The maximum Gasteiger partial charge on any atom is 0.337 e. The van der Waals surface area contributed by atoms with Gasteiger partial charge in [0.15, 0.2) is 27.8 Å². The van der Waals surface area contributed by atoms with E-state index in [4.69, 9.17) is 18.9 Å². The first kappa shape index (κ1) is 25.1. The summed E-state index contributed by atoms with van der Waals surface area (Å²) < 4.78 is 23.4. The zero-order chi connectivity index (χ0) is 25.8. The number of nitrogens with zero attached hydrogens (tertiary/aromatic N) is 2. The molecular weight excluding hydrogens is 484 g/mol. The summed E-state index contributed by atoms with van der Waals surface area (Å²) >= 11 is 1.18. The minimum absolute atomic E-state index is 0.0391. The van der Waals surface area contributed by atoms with Gasteiger partial charge in [-0.05, 0) is 55.3 Å². The van der Waals surface area contributed by atoms with E-state index in [1.165, 1.54) is 42.4 Å². The number of esters is 1. The zero-order valence-electron chi connectivity index (χ0n) is 20.3. The zero-order valence-corrected chi connectivity index (χ0v) is 21.1. The van der Waals surface area contributed by atoms with Crippen LogP contribution >= 0.6 is 11.3 Å². The number of carbonyl (C=O) groups is 1. The van der Waals surface area contributed by atoms with Crippen LogP contribution in [0.1, 0.15) is 31.0 Å². The maximum atomic E-state index is 13.6. The molecule has 2 aromatic carbocycles. The van der Waals surface area contributed by atoms with Gasteiger partial charge in [0, 0.05) is 6.20 Å². The number of hydrogen-bond acceptors (Lipinski definition) is 9. The molecule has 0 fully saturated rings. The predicted molar refractivity (Wildman–Crippen MR) is 135 cm³/mol. The third kappa shape index (κ3) is 4.72. The monoisotopic (exact) mass is 510 g/mol. The normalized spacial score (nSPS) is 14.9. The standard InChI is InChI=1S/C26H26N2O7S/c1-5-34-20-10-8-16(13-21(20)35-6-2)23-17(25(31)33-4)14-27-26-28(23)24(30)22(36-26)12-15-7-9-19(32-3)18(29)11-15/h7-14,23,29H,5-6H2,1-4H3/b22-12+/t23-/m0/s1. The van der Waals surface area contributed by atoms with Crippen LogP contribution in [0.5, 0.6) is 23.0 Å². The lowest BCUT2D eigenvalue weighted by atomic mass is 9.97. The first-order chi connectivity index (χ1) is 17.4. The van der Waals surface area contributed by atoms with E-state index < -0.39 is 12.0 Å². The van der Waals surface area contributed by atoms with E-state index in [-0.39, 0.29) is 16.9 Å². The van der Waals surface area contributed by atoms with Crippen molar-refractivity contribution in [3.05, 3.63) is 79.0 Å². The molecule has 0 bridgehead atoms. The van der Waals surface area contributed by atoms with Crippen molar-refractivity contribution in [2.45, 2.75) is 19.9 Å². The summed E-state index contributed by atoms with van der Waals surface area (Å²) in [7, 11) is 2.74. The number of phenolic OH excluding ortho intramolecular Hbond substituents is 1. The molecule has 0 spiro atoms. The number of methoxy groups -OCH3 is 2. The van der Waals surface area contributed by atoms with Gasteiger partial charge in [0.25, 0.3) is 5.56 Å². The van der Waals surface area contributed by atoms with Crippen molar-refractivity contribution >= 4 is 23.4 Å². The fraction of sp³-hybridized carbons (Fsp3) is 0.269. The van der Waals surface area contributed by atoms with Gasteiger partial charge in [0.05, 0.1) is 43.6 Å². The molecule has 0 radical (unpaired) electrons. The minimum Gasteiger partial charge on any atom is -0.504 e. The molecule has 9 nitrogen and oxygen atoms in total. The second-order valence-corrected chi connectivity index (χ2v) is 8.69. The summed E-state index contributed by atoms with van der Waals surface area (Å²) in [6, 6.07) is 9.39. The molecule has 4 rings (SSSR count). The highest BCUT2D eigenvalue weighted by Gasteiger charge is 2.31. The van der Waals surface area contributed by atoms with E-state index in [0.29, 0.717) is 50.9 Å².